The number of thioether (sulfide) groups is 1. The monoisotopic (exact) mass is 383 g/mol. The van der Waals surface area contributed by atoms with Crippen molar-refractivity contribution >= 4 is 23.5 Å². The van der Waals surface area contributed by atoms with Crippen LogP contribution < -0.4 is 0 Å². The molecule has 138 valence electrons. The predicted molar refractivity (Wildman–Crippen MR) is 90.2 cm³/mol. The molecule has 2 aromatic rings. The van der Waals surface area contributed by atoms with Crippen LogP contribution in [0.3, 0.4) is 0 Å². The van der Waals surface area contributed by atoms with Gasteiger partial charge in [-0.15, -0.1) is 0 Å². The van der Waals surface area contributed by atoms with Crippen LogP contribution in [0.15, 0.2) is 35.6 Å². The molecule has 1 N–H and O–H groups in total. The van der Waals surface area contributed by atoms with Gasteiger partial charge in [0.05, 0.1) is 16.3 Å². The molecule has 2 aromatic heterocycles. The van der Waals surface area contributed by atoms with Crippen LogP contribution in [-0.2, 0) is 6.18 Å². The Morgan fingerprint density at radius 3 is 2.58 bits per heavy atom. The van der Waals surface area contributed by atoms with E-state index in [1.165, 1.54) is 18.3 Å². The standard InChI is InChI=1S/C17H16F3N3O2S/c18-17(19,20)12-3-4-15(22-9-12)26-10-14(24)11-7-13(21-8-11)16(25)23-5-1-2-6-23/h3-4,7-9,21H,1-2,5-6,10H2. The highest BCUT2D eigenvalue weighted by Crippen LogP contribution is 2.29. The van der Waals surface area contributed by atoms with Crippen LogP contribution in [0.4, 0.5) is 13.2 Å². The molecule has 1 aliphatic rings. The number of rotatable bonds is 5. The van der Waals surface area contributed by atoms with E-state index in [0.717, 1.165) is 50.0 Å². The number of pyridine rings is 1. The molecule has 0 aliphatic carbocycles. The van der Waals surface area contributed by atoms with Gasteiger partial charge in [0.2, 0.25) is 0 Å². The van der Waals surface area contributed by atoms with E-state index in [2.05, 4.69) is 9.97 Å². The summed E-state index contributed by atoms with van der Waals surface area (Å²) in [5.74, 6) is -0.333. The Morgan fingerprint density at radius 1 is 1.23 bits per heavy atom. The summed E-state index contributed by atoms with van der Waals surface area (Å²) < 4.78 is 37.5. The summed E-state index contributed by atoms with van der Waals surface area (Å²) in [5.41, 5.74) is -0.0938. The van der Waals surface area contributed by atoms with E-state index in [0.29, 0.717) is 16.3 Å². The highest BCUT2D eigenvalue weighted by molar-refractivity contribution is 7.99. The maximum absolute atomic E-state index is 12.5. The molecule has 26 heavy (non-hydrogen) atoms. The Balaban J connectivity index is 1.57. The molecule has 0 radical (unpaired) electrons. The van der Waals surface area contributed by atoms with Crippen LogP contribution >= 0.6 is 11.8 Å². The van der Waals surface area contributed by atoms with E-state index in [1.807, 2.05) is 0 Å². The number of carbonyl (C=O) groups is 2. The maximum Gasteiger partial charge on any atom is 0.417 e. The number of aromatic amines is 1. The van der Waals surface area contributed by atoms with Crippen LogP contribution in [0, 0.1) is 0 Å². The van der Waals surface area contributed by atoms with E-state index < -0.39 is 11.7 Å². The highest BCUT2D eigenvalue weighted by atomic mass is 32.2. The second-order valence-corrected chi connectivity index (χ2v) is 6.89. The normalized spacial score (nSPS) is 14.7. The number of Topliss-reactive ketones (excluding diaryl/α,β-unsaturated/α-hetero) is 1. The van der Waals surface area contributed by atoms with Gasteiger partial charge in [-0.2, -0.15) is 13.2 Å². The molecule has 9 heteroatoms. The second kappa shape index (κ2) is 7.53. The van der Waals surface area contributed by atoms with Gasteiger partial charge >= 0.3 is 6.18 Å². The summed E-state index contributed by atoms with van der Waals surface area (Å²) in [5, 5.41) is 0.329. The topological polar surface area (TPSA) is 66.1 Å². The third-order valence-corrected chi connectivity index (χ3v) is 4.99. The minimum Gasteiger partial charge on any atom is -0.356 e. The van der Waals surface area contributed by atoms with Crippen molar-refractivity contribution in [3.8, 4) is 0 Å². The van der Waals surface area contributed by atoms with E-state index >= 15 is 0 Å². The molecule has 1 fully saturated rings. The van der Waals surface area contributed by atoms with Gasteiger partial charge < -0.3 is 9.88 Å². The molecular weight excluding hydrogens is 367 g/mol. The number of nitrogens with zero attached hydrogens (tertiary/aromatic N) is 2. The van der Waals surface area contributed by atoms with Gasteiger partial charge in [-0.3, -0.25) is 9.59 Å². The molecule has 0 aromatic carbocycles. The van der Waals surface area contributed by atoms with Crippen LogP contribution in [0.2, 0.25) is 0 Å². The van der Waals surface area contributed by atoms with Crippen LogP contribution in [-0.4, -0.2) is 45.4 Å². The van der Waals surface area contributed by atoms with Crippen molar-refractivity contribution < 1.29 is 22.8 Å². The van der Waals surface area contributed by atoms with Crippen molar-refractivity contribution in [3.63, 3.8) is 0 Å². The summed E-state index contributed by atoms with van der Waals surface area (Å²) >= 11 is 1.05. The molecule has 0 bridgehead atoms. The number of ketones is 1. The molecule has 0 unspecified atom stereocenters. The van der Waals surface area contributed by atoms with Crippen LogP contribution in [0.5, 0.6) is 0 Å². The Kier molecular flexibility index (Phi) is 5.36. The molecule has 5 nitrogen and oxygen atoms in total. The van der Waals surface area contributed by atoms with E-state index in [4.69, 9.17) is 0 Å². The number of carbonyl (C=O) groups excluding carboxylic acids is 2. The van der Waals surface area contributed by atoms with Gasteiger partial charge in [0, 0.05) is 31.0 Å². The summed E-state index contributed by atoms with van der Waals surface area (Å²) in [6, 6.07) is 3.69. The van der Waals surface area contributed by atoms with Crippen molar-refractivity contribution in [2.45, 2.75) is 24.0 Å². The van der Waals surface area contributed by atoms with Gasteiger partial charge in [0.1, 0.15) is 5.69 Å². The van der Waals surface area contributed by atoms with E-state index in [-0.39, 0.29) is 17.4 Å². The number of likely N-dealkylation sites (tertiary alicyclic amines) is 1. The first kappa shape index (κ1) is 18.5. The van der Waals surface area contributed by atoms with Gasteiger partial charge in [-0.25, -0.2) is 4.98 Å². The third-order valence-electron chi connectivity index (χ3n) is 4.04. The van der Waals surface area contributed by atoms with Crippen molar-refractivity contribution in [1.29, 1.82) is 0 Å². The first-order chi connectivity index (χ1) is 12.3. The van der Waals surface area contributed by atoms with Gasteiger partial charge in [0.25, 0.3) is 5.91 Å². The third kappa shape index (κ3) is 4.27. The number of amides is 1. The van der Waals surface area contributed by atoms with E-state index in [1.54, 1.807) is 4.90 Å². The highest BCUT2D eigenvalue weighted by Gasteiger charge is 2.30. The Hall–Kier alpha value is -2.29. The molecule has 3 heterocycles. The predicted octanol–water partition coefficient (Wildman–Crippen LogP) is 3.64. The smallest absolute Gasteiger partial charge is 0.356 e. The minimum atomic E-state index is -4.44. The quantitative estimate of drug-likeness (QED) is 0.632. The molecule has 1 aliphatic heterocycles. The van der Waals surface area contributed by atoms with Crippen molar-refractivity contribution in [3.05, 3.63) is 47.4 Å². The molecule has 0 spiro atoms. The Bertz CT molecular complexity index is 796. The van der Waals surface area contributed by atoms with Crippen molar-refractivity contribution in [1.82, 2.24) is 14.9 Å². The fraction of sp³-hybridized carbons (Fsp3) is 0.353. The minimum absolute atomic E-state index is 0.0214. The number of hydrogen-bond donors (Lipinski definition) is 1. The molecule has 0 atom stereocenters. The first-order valence-electron chi connectivity index (χ1n) is 8.01. The fourth-order valence-corrected chi connectivity index (χ4v) is 3.36. The molecule has 1 saturated heterocycles. The molecule has 0 saturated carbocycles. The number of nitrogens with one attached hydrogen (secondary N) is 1. The lowest BCUT2D eigenvalue weighted by atomic mass is 10.2. The van der Waals surface area contributed by atoms with Crippen molar-refractivity contribution in [2.75, 3.05) is 18.8 Å². The maximum atomic E-state index is 12.5. The Morgan fingerprint density at radius 2 is 1.96 bits per heavy atom. The molecule has 1 amide bonds. The first-order valence-corrected chi connectivity index (χ1v) is 9.00. The zero-order chi connectivity index (χ0) is 18.7. The fourth-order valence-electron chi connectivity index (χ4n) is 2.63. The lowest BCUT2D eigenvalue weighted by molar-refractivity contribution is -0.137. The number of H-pyrrole nitrogens is 1. The summed E-state index contributed by atoms with van der Waals surface area (Å²) in [7, 11) is 0. The second-order valence-electron chi connectivity index (χ2n) is 5.90. The molecular formula is C17H16F3N3O2S. The molecule has 3 rings (SSSR count). The van der Waals surface area contributed by atoms with Gasteiger partial charge in [0.15, 0.2) is 5.78 Å². The lowest BCUT2D eigenvalue weighted by Crippen LogP contribution is -2.27. The van der Waals surface area contributed by atoms with Crippen LogP contribution in [0.1, 0.15) is 39.3 Å². The number of hydrogen-bond acceptors (Lipinski definition) is 4. The zero-order valence-corrected chi connectivity index (χ0v) is 14.5. The summed E-state index contributed by atoms with van der Waals surface area (Å²) in [6.45, 7) is 1.44. The van der Waals surface area contributed by atoms with Gasteiger partial charge in [-0.05, 0) is 31.0 Å². The summed E-state index contributed by atoms with van der Waals surface area (Å²) in [6.07, 6.45) is -0.248. The average molecular weight is 383 g/mol. The number of halogens is 3. The number of aromatic nitrogens is 2. The largest absolute Gasteiger partial charge is 0.417 e. The van der Waals surface area contributed by atoms with Crippen molar-refractivity contribution in [2.24, 2.45) is 0 Å². The van der Waals surface area contributed by atoms with E-state index in [9.17, 15) is 22.8 Å². The summed E-state index contributed by atoms with van der Waals surface area (Å²) in [4.78, 5) is 32.8. The average Bonchev–Trinajstić information content (AvgIpc) is 3.30. The van der Waals surface area contributed by atoms with Gasteiger partial charge in [-0.1, -0.05) is 11.8 Å². The SMILES string of the molecule is O=C(CSc1ccc(C(F)(F)F)cn1)c1c[nH]c(C(=O)N2CCCC2)c1. The lowest BCUT2D eigenvalue weighted by Gasteiger charge is -2.13. The Labute approximate surface area is 152 Å². The zero-order valence-electron chi connectivity index (χ0n) is 13.7. The van der Waals surface area contributed by atoms with Crippen LogP contribution in [0.25, 0.3) is 0 Å². The number of alkyl halides is 3.